The zero-order valence-electron chi connectivity index (χ0n) is 14.1. The van der Waals surface area contributed by atoms with Crippen molar-refractivity contribution in [2.45, 2.75) is 39.8 Å². The van der Waals surface area contributed by atoms with Crippen molar-refractivity contribution in [2.24, 2.45) is 0 Å². The molecule has 1 N–H and O–H groups in total. The van der Waals surface area contributed by atoms with Gasteiger partial charge in [0.05, 0.1) is 0 Å². The number of likely N-dealkylation sites (N-methyl/N-ethyl adjacent to an activating group) is 2. The standard InChI is InChI=1S/C17H30FN3/c1-6-8-19-12-15-9-16(18)11-17(10-15)21(7-2)14(3)13-20(4)5/h9-11,14,19H,6-8,12-13H2,1-5H3. The summed E-state index contributed by atoms with van der Waals surface area (Å²) in [6, 6.07) is 5.71. The van der Waals surface area contributed by atoms with Crippen molar-refractivity contribution in [1.82, 2.24) is 10.2 Å². The van der Waals surface area contributed by atoms with Gasteiger partial charge in [0.25, 0.3) is 0 Å². The lowest BCUT2D eigenvalue weighted by Crippen LogP contribution is -2.40. The van der Waals surface area contributed by atoms with Gasteiger partial charge in [-0.3, -0.25) is 0 Å². The molecule has 0 saturated heterocycles. The van der Waals surface area contributed by atoms with Gasteiger partial charge < -0.3 is 15.1 Å². The first-order valence-corrected chi connectivity index (χ1v) is 7.89. The van der Waals surface area contributed by atoms with Crippen LogP contribution in [-0.4, -0.2) is 44.7 Å². The van der Waals surface area contributed by atoms with Gasteiger partial charge in [0, 0.05) is 31.4 Å². The van der Waals surface area contributed by atoms with Crippen molar-refractivity contribution in [2.75, 3.05) is 38.6 Å². The fourth-order valence-electron chi connectivity index (χ4n) is 2.69. The van der Waals surface area contributed by atoms with Crippen molar-refractivity contribution in [1.29, 1.82) is 0 Å². The van der Waals surface area contributed by atoms with Gasteiger partial charge >= 0.3 is 0 Å². The first kappa shape index (κ1) is 17.9. The molecule has 0 aromatic heterocycles. The van der Waals surface area contributed by atoms with Crippen LogP contribution in [0, 0.1) is 5.82 Å². The Morgan fingerprint density at radius 2 is 1.90 bits per heavy atom. The summed E-state index contributed by atoms with van der Waals surface area (Å²) in [7, 11) is 4.13. The first-order valence-electron chi connectivity index (χ1n) is 7.89. The maximum atomic E-state index is 13.9. The number of nitrogens with zero attached hydrogens (tertiary/aromatic N) is 2. The van der Waals surface area contributed by atoms with Crippen molar-refractivity contribution in [3.8, 4) is 0 Å². The number of rotatable bonds is 9. The quantitative estimate of drug-likeness (QED) is 0.706. The Bertz CT molecular complexity index is 420. The third-order valence-corrected chi connectivity index (χ3v) is 3.53. The molecule has 0 aliphatic heterocycles. The van der Waals surface area contributed by atoms with Crippen LogP contribution in [0.3, 0.4) is 0 Å². The number of halogens is 1. The van der Waals surface area contributed by atoms with E-state index < -0.39 is 0 Å². The number of benzene rings is 1. The molecule has 21 heavy (non-hydrogen) atoms. The Labute approximate surface area is 129 Å². The van der Waals surface area contributed by atoms with Crippen LogP contribution in [0.15, 0.2) is 18.2 Å². The average Bonchev–Trinajstić information content (AvgIpc) is 2.38. The molecule has 0 saturated carbocycles. The van der Waals surface area contributed by atoms with Crippen LogP contribution in [0.4, 0.5) is 10.1 Å². The van der Waals surface area contributed by atoms with E-state index in [9.17, 15) is 4.39 Å². The highest BCUT2D eigenvalue weighted by atomic mass is 19.1. The number of hydrogen-bond acceptors (Lipinski definition) is 3. The Morgan fingerprint density at radius 1 is 1.19 bits per heavy atom. The summed E-state index contributed by atoms with van der Waals surface area (Å²) in [5.74, 6) is -0.156. The minimum absolute atomic E-state index is 0.156. The van der Waals surface area contributed by atoms with Crippen LogP contribution in [0.1, 0.15) is 32.8 Å². The van der Waals surface area contributed by atoms with E-state index in [0.29, 0.717) is 6.04 Å². The average molecular weight is 295 g/mol. The molecule has 1 aromatic rings. The van der Waals surface area contributed by atoms with Gasteiger partial charge in [0.1, 0.15) is 5.82 Å². The molecule has 3 nitrogen and oxygen atoms in total. The summed E-state index contributed by atoms with van der Waals surface area (Å²) in [6.07, 6.45) is 1.09. The molecular formula is C17H30FN3. The van der Waals surface area contributed by atoms with Gasteiger partial charge in [0.15, 0.2) is 0 Å². The van der Waals surface area contributed by atoms with Crippen LogP contribution < -0.4 is 10.2 Å². The fourth-order valence-corrected chi connectivity index (χ4v) is 2.69. The minimum atomic E-state index is -0.156. The van der Waals surface area contributed by atoms with Gasteiger partial charge in [-0.05, 0) is 64.7 Å². The van der Waals surface area contributed by atoms with E-state index >= 15 is 0 Å². The van der Waals surface area contributed by atoms with Crippen molar-refractivity contribution < 1.29 is 4.39 Å². The molecular weight excluding hydrogens is 265 g/mol. The third-order valence-electron chi connectivity index (χ3n) is 3.53. The number of anilines is 1. The summed E-state index contributed by atoms with van der Waals surface area (Å²) in [6.45, 7) is 9.94. The first-order chi connectivity index (χ1) is 9.97. The highest BCUT2D eigenvalue weighted by Crippen LogP contribution is 2.21. The lowest BCUT2D eigenvalue weighted by molar-refractivity contribution is 0.373. The Kier molecular flexibility index (Phi) is 7.68. The van der Waals surface area contributed by atoms with E-state index in [1.54, 1.807) is 12.1 Å². The highest BCUT2D eigenvalue weighted by molar-refractivity contribution is 5.50. The lowest BCUT2D eigenvalue weighted by Gasteiger charge is -2.32. The van der Waals surface area contributed by atoms with Gasteiger partial charge in [-0.1, -0.05) is 6.92 Å². The molecule has 0 amide bonds. The van der Waals surface area contributed by atoms with Gasteiger partial charge in [-0.25, -0.2) is 4.39 Å². The van der Waals surface area contributed by atoms with E-state index in [1.807, 2.05) is 0 Å². The van der Waals surface area contributed by atoms with Crippen LogP contribution >= 0.6 is 0 Å². The molecule has 0 fully saturated rings. The van der Waals surface area contributed by atoms with Gasteiger partial charge in [-0.15, -0.1) is 0 Å². The van der Waals surface area contributed by atoms with Crippen LogP contribution in [0.5, 0.6) is 0 Å². The Morgan fingerprint density at radius 3 is 2.48 bits per heavy atom. The lowest BCUT2D eigenvalue weighted by atomic mass is 10.1. The topological polar surface area (TPSA) is 18.5 Å². The number of hydrogen-bond donors (Lipinski definition) is 1. The molecule has 1 aromatic carbocycles. The van der Waals surface area contributed by atoms with Crippen molar-refractivity contribution >= 4 is 5.69 Å². The van der Waals surface area contributed by atoms with Gasteiger partial charge in [0.2, 0.25) is 0 Å². The van der Waals surface area contributed by atoms with Crippen LogP contribution in [0.25, 0.3) is 0 Å². The predicted molar refractivity (Wildman–Crippen MR) is 89.4 cm³/mol. The molecule has 0 radical (unpaired) electrons. The Hall–Kier alpha value is -1.13. The van der Waals surface area contributed by atoms with E-state index in [-0.39, 0.29) is 5.82 Å². The monoisotopic (exact) mass is 295 g/mol. The second-order valence-corrected chi connectivity index (χ2v) is 5.89. The Balaban J connectivity index is 2.87. The maximum absolute atomic E-state index is 13.9. The SMILES string of the molecule is CCCNCc1cc(F)cc(N(CC)C(C)CN(C)C)c1. The largest absolute Gasteiger partial charge is 0.368 e. The smallest absolute Gasteiger partial charge is 0.125 e. The maximum Gasteiger partial charge on any atom is 0.125 e. The van der Waals surface area contributed by atoms with Crippen LogP contribution in [0.2, 0.25) is 0 Å². The normalized spacial score (nSPS) is 12.7. The highest BCUT2D eigenvalue weighted by Gasteiger charge is 2.15. The van der Waals surface area contributed by atoms with Crippen LogP contribution in [-0.2, 0) is 6.54 Å². The van der Waals surface area contributed by atoms with Gasteiger partial charge in [-0.2, -0.15) is 0 Å². The predicted octanol–water partition coefficient (Wildman–Crippen LogP) is 3.10. The van der Waals surface area contributed by atoms with Crippen molar-refractivity contribution in [3.05, 3.63) is 29.6 Å². The molecule has 0 spiro atoms. The van der Waals surface area contributed by atoms with E-state index in [2.05, 4.69) is 56.0 Å². The summed E-state index contributed by atoms with van der Waals surface area (Å²) >= 11 is 0. The minimum Gasteiger partial charge on any atom is -0.368 e. The zero-order chi connectivity index (χ0) is 15.8. The summed E-state index contributed by atoms with van der Waals surface area (Å²) in [5.41, 5.74) is 1.98. The van der Waals surface area contributed by atoms with Crippen molar-refractivity contribution in [3.63, 3.8) is 0 Å². The molecule has 0 aliphatic carbocycles. The van der Waals surface area contributed by atoms with E-state index in [0.717, 1.165) is 43.9 Å². The van der Waals surface area contributed by atoms with E-state index in [1.165, 1.54) is 0 Å². The molecule has 0 bridgehead atoms. The summed E-state index contributed by atoms with van der Waals surface area (Å²) in [5, 5.41) is 3.33. The number of nitrogens with one attached hydrogen (secondary N) is 1. The molecule has 0 aliphatic rings. The second kappa shape index (κ2) is 9.00. The molecule has 1 atom stereocenters. The molecule has 4 heteroatoms. The molecule has 0 heterocycles. The second-order valence-electron chi connectivity index (χ2n) is 5.89. The molecule has 120 valence electrons. The summed E-state index contributed by atoms with van der Waals surface area (Å²) < 4.78 is 13.9. The zero-order valence-corrected chi connectivity index (χ0v) is 14.1. The third kappa shape index (κ3) is 6.02. The molecule has 1 unspecified atom stereocenters. The fraction of sp³-hybridized carbons (Fsp3) is 0.647. The van der Waals surface area contributed by atoms with E-state index in [4.69, 9.17) is 0 Å². The summed E-state index contributed by atoms with van der Waals surface area (Å²) in [4.78, 5) is 4.42. The molecule has 1 rings (SSSR count).